The Hall–Kier alpha value is -3.04. The standard InChI is InChI=1S/C17H11ClN2O6S/c1-26-13-6-9(5-12(15(13)21)20(24)25)7-14-16(22)19(17(23)27-14)11-4-2-3-10(18)8-11/h2-8,21H,1H3/p-1/b14-7-. The van der Waals surface area contributed by atoms with Crippen LogP contribution in [0.15, 0.2) is 41.3 Å². The molecule has 138 valence electrons. The van der Waals surface area contributed by atoms with Crippen LogP contribution in [-0.4, -0.2) is 23.2 Å². The molecular weight excluding hydrogens is 396 g/mol. The van der Waals surface area contributed by atoms with Crippen molar-refractivity contribution in [3.05, 3.63) is 62.0 Å². The maximum absolute atomic E-state index is 12.6. The van der Waals surface area contributed by atoms with Gasteiger partial charge in [0.25, 0.3) is 16.8 Å². The average Bonchev–Trinajstić information content (AvgIpc) is 2.89. The maximum atomic E-state index is 12.6. The van der Waals surface area contributed by atoms with E-state index in [1.165, 1.54) is 25.3 Å². The van der Waals surface area contributed by atoms with Gasteiger partial charge >= 0.3 is 0 Å². The van der Waals surface area contributed by atoms with Crippen molar-refractivity contribution in [1.29, 1.82) is 0 Å². The van der Waals surface area contributed by atoms with Crippen molar-refractivity contribution in [1.82, 2.24) is 0 Å². The van der Waals surface area contributed by atoms with Crippen molar-refractivity contribution in [3.63, 3.8) is 0 Å². The number of carbonyl (C=O) groups excluding carboxylic acids is 2. The third-order valence-electron chi connectivity index (χ3n) is 3.63. The first-order chi connectivity index (χ1) is 12.8. The van der Waals surface area contributed by atoms with Crippen molar-refractivity contribution in [2.45, 2.75) is 0 Å². The Morgan fingerprint density at radius 2 is 2.00 bits per heavy atom. The van der Waals surface area contributed by atoms with Gasteiger partial charge < -0.3 is 9.84 Å². The summed E-state index contributed by atoms with van der Waals surface area (Å²) in [6, 6.07) is 8.54. The lowest BCUT2D eigenvalue weighted by Gasteiger charge is -2.13. The normalized spacial score (nSPS) is 15.5. The first kappa shape index (κ1) is 18.7. The number of ether oxygens (including phenoxy) is 1. The zero-order valence-electron chi connectivity index (χ0n) is 13.7. The fraction of sp³-hybridized carbons (Fsp3) is 0.0588. The summed E-state index contributed by atoms with van der Waals surface area (Å²) < 4.78 is 4.86. The molecule has 3 rings (SSSR count). The molecule has 0 aliphatic carbocycles. The van der Waals surface area contributed by atoms with Gasteiger partial charge in [-0.3, -0.25) is 19.7 Å². The summed E-state index contributed by atoms with van der Waals surface area (Å²) in [6.07, 6.45) is 1.30. The van der Waals surface area contributed by atoms with Gasteiger partial charge in [-0.25, -0.2) is 4.90 Å². The molecule has 1 fully saturated rings. The molecule has 8 nitrogen and oxygen atoms in total. The van der Waals surface area contributed by atoms with Crippen LogP contribution in [0.4, 0.5) is 16.2 Å². The average molecular weight is 406 g/mol. The molecule has 10 heteroatoms. The van der Waals surface area contributed by atoms with Crippen LogP contribution in [0.1, 0.15) is 5.56 Å². The zero-order chi connectivity index (χ0) is 19.7. The highest BCUT2D eigenvalue weighted by Crippen LogP contribution is 2.39. The highest BCUT2D eigenvalue weighted by atomic mass is 35.5. The predicted molar refractivity (Wildman–Crippen MR) is 99.0 cm³/mol. The van der Waals surface area contributed by atoms with Gasteiger partial charge in [0.2, 0.25) is 0 Å². The summed E-state index contributed by atoms with van der Waals surface area (Å²) in [4.78, 5) is 36.1. The van der Waals surface area contributed by atoms with Crippen molar-refractivity contribution < 1.29 is 24.4 Å². The number of imide groups is 1. The third-order valence-corrected chi connectivity index (χ3v) is 4.74. The first-order valence-corrected chi connectivity index (χ1v) is 8.58. The number of hydrogen-bond donors (Lipinski definition) is 0. The largest absolute Gasteiger partial charge is 0.865 e. The van der Waals surface area contributed by atoms with E-state index >= 15 is 0 Å². The molecule has 0 N–H and O–H groups in total. The lowest BCUT2D eigenvalue weighted by atomic mass is 10.1. The van der Waals surface area contributed by atoms with Gasteiger partial charge in [-0.1, -0.05) is 17.7 Å². The number of carbonyl (C=O) groups is 2. The topological polar surface area (TPSA) is 113 Å². The predicted octanol–water partition coefficient (Wildman–Crippen LogP) is 3.57. The van der Waals surface area contributed by atoms with E-state index in [-0.39, 0.29) is 16.2 Å². The number of hydrogen-bond acceptors (Lipinski definition) is 7. The van der Waals surface area contributed by atoms with Crippen LogP contribution in [0.5, 0.6) is 11.5 Å². The van der Waals surface area contributed by atoms with Crippen LogP contribution in [0, 0.1) is 10.1 Å². The number of thioether (sulfide) groups is 1. The highest BCUT2D eigenvalue weighted by Gasteiger charge is 2.36. The number of rotatable bonds is 4. The smallest absolute Gasteiger partial charge is 0.298 e. The summed E-state index contributed by atoms with van der Waals surface area (Å²) in [5, 5.41) is 22.8. The van der Waals surface area contributed by atoms with E-state index in [0.29, 0.717) is 22.5 Å². The van der Waals surface area contributed by atoms with Gasteiger partial charge in [-0.05, 0) is 47.7 Å². The Morgan fingerprint density at radius 1 is 1.26 bits per heavy atom. The first-order valence-electron chi connectivity index (χ1n) is 7.38. The number of anilines is 1. The second-order valence-electron chi connectivity index (χ2n) is 5.33. The van der Waals surface area contributed by atoms with E-state index in [2.05, 4.69) is 0 Å². The summed E-state index contributed by atoms with van der Waals surface area (Å²) in [7, 11) is 1.21. The second kappa shape index (κ2) is 7.29. The fourth-order valence-electron chi connectivity index (χ4n) is 2.44. The number of amides is 2. The number of nitro benzene ring substituents is 1. The van der Waals surface area contributed by atoms with Crippen molar-refractivity contribution in [2.24, 2.45) is 0 Å². The third kappa shape index (κ3) is 3.60. The van der Waals surface area contributed by atoms with Crippen LogP contribution in [0.2, 0.25) is 5.02 Å². The van der Waals surface area contributed by atoms with Crippen LogP contribution < -0.4 is 14.7 Å². The number of nitrogens with zero attached hydrogens (tertiary/aromatic N) is 2. The van der Waals surface area contributed by atoms with E-state index in [9.17, 15) is 24.8 Å². The monoisotopic (exact) mass is 405 g/mol. The Balaban J connectivity index is 2.01. The quantitative estimate of drug-likeness (QED) is 0.434. The molecule has 2 aromatic rings. The number of halogens is 1. The molecule has 2 amide bonds. The van der Waals surface area contributed by atoms with Crippen molar-refractivity contribution in [3.8, 4) is 11.5 Å². The number of benzene rings is 2. The fourth-order valence-corrected chi connectivity index (χ4v) is 3.46. The molecule has 0 atom stereocenters. The van der Waals surface area contributed by atoms with Gasteiger partial charge in [0.1, 0.15) is 5.75 Å². The van der Waals surface area contributed by atoms with Gasteiger partial charge in [-0.2, -0.15) is 0 Å². The molecule has 1 saturated heterocycles. The van der Waals surface area contributed by atoms with E-state index in [0.717, 1.165) is 11.0 Å². The van der Waals surface area contributed by atoms with Gasteiger partial charge in [0.05, 0.1) is 22.6 Å². The van der Waals surface area contributed by atoms with E-state index in [1.807, 2.05) is 0 Å². The molecule has 1 heterocycles. The molecule has 0 spiro atoms. The molecule has 0 saturated carbocycles. The summed E-state index contributed by atoms with van der Waals surface area (Å²) >= 11 is 6.58. The molecule has 1 aliphatic rings. The molecule has 1 aliphatic heterocycles. The maximum Gasteiger partial charge on any atom is 0.298 e. The Kier molecular flexibility index (Phi) is 5.06. The molecule has 27 heavy (non-hydrogen) atoms. The van der Waals surface area contributed by atoms with E-state index in [4.69, 9.17) is 16.3 Å². The van der Waals surface area contributed by atoms with Crippen LogP contribution in [-0.2, 0) is 4.79 Å². The minimum absolute atomic E-state index is 0.0509. The van der Waals surface area contributed by atoms with E-state index < -0.39 is 27.5 Å². The second-order valence-corrected chi connectivity index (χ2v) is 6.76. The van der Waals surface area contributed by atoms with E-state index in [1.54, 1.807) is 18.2 Å². The Morgan fingerprint density at radius 3 is 2.63 bits per heavy atom. The van der Waals surface area contributed by atoms with Crippen LogP contribution in [0.25, 0.3) is 6.08 Å². The molecular formula is C17H10ClN2O6S-. The highest BCUT2D eigenvalue weighted by molar-refractivity contribution is 8.19. The summed E-state index contributed by atoms with van der Waals surface area (Å²) in [6.45, 7) is 0. The molecule has 0 unspecified atom stereocenters. The van der Waals surface area contributed by atoms with Crippen LogP contribution in [0.3, 0.4) is 0 Å². The molecule has 0 aromatic heterocycles. The Bertz CT molecular complexity index is 1010. The zero-order valence-corrected chi connectivity index (χ0v) is 15.2. The van der Waals surface area contributed by atoms with Crippen LogP contribution >= 0.6 is 23.4 Å². The molecule has 0 bridgehead atoms. The summed E-state index contributed by atoms with van der Waals surface area (Å²) in [5.41, 5.74) is -0.184. The van der Waals surface area contributed by atoms with Gasteiger partial charge in [0, 0.05) is 16.8 Å². The minimum atomic E-state index is -0.869. The van der Waals surface area contributed by atoms with Crippen molar-refractivity contribution in [2.75, 3.05) is 12.0 Å². The lowest BCUT2D eigenvalue weighted by Crippen LogP contribution is -2.27. The number of methoxy groups -OCH3 is 1. The van der Waals surface area contributed by atoms with Gasteiger partial charge in [-0.15, -0.1) is 0 Å². The minimum Gasteiger partial charge on any atom is -0.865 e. The molecule has 0 radical (unpaired) electrons. The number of nitro groups is 1. The summed E-state index contributed by atoms with van der Waals surface area (Å²) in [5.74, 6) is -1.70. The van der Waals surface area contributed by atoms with Gasteiger partial charge in [0.15, 0.2) is 0 Å². The lowest BCUT2D eigenvalue weighted by molar-refractivity contribution is -0.398. The Labute approximate surface area is 162 Å². The SMILES string of the molecule is COc1cc(/C=C2\SC(=O)N(c3cccc(Cl)c3)C2=O)cc([N+](=O)[O-])c1[O-]. The van der Waals surface area contributed by atoms with Crippen molar-refractivity contribution >= 4 is 52.0 Å². The molecule has 2 aromatic carbocycles.